The second kappa shape index (κ2) is 7.48. The molecule has 2 heterocycles. The van der Waals surface area contributed by atoms with Crippen molar-refractivity contribution in [1.29, 1.82) is 0 Å². The number of fused-ring (bicyclic) bond motifs is 1. The molecule has 6 nitrogen and oxygen atoms in total. The molecule has 1 aromatic heterocycles. The van der Waals surface area contributed by atoms with Crippen molar-refractivity contribution in [3.63, 3.8) is 0 Å². The number of nitrogens with two attached hydrogens (primary N) is 1. The molecule has 1 fully saturated rings. The van der Waals surface area contributed by atoms with Crippen molar-refractivity contribution in [2.45, 2.75) is 26.8 Å². The third kappa shape index (κ3) is 4.34. The number of nitrogens with zero attached hydrogens (tertiary/aromatic N) is 4. The van der Waals surface area contributed by atoms with Gasteiger partial charge in [0, 0.05) is 18.8 Å². The Morgan fingerprint density at radius 2 is 1.74 bits per heavy atom. The summed E-state index contributed by atoms with van der Waals surface area (Å²) in [6, 6.07) is 14.5. The molecule has 3 aromatic rings. The Morgan fingerprint density at radius 1 is 1.00 bits per heavy atom. The SMILES string of the molecule is C[C@@H]1C[C@@H](C)CN(Cc2nc(N)nc(Nc3ccc4ccccc4c3)n2)C1. The largest absolute Gasteiger partial charge is 0.368 e. The number of likely N-dealkylation sites (tertiary alicyclic amines) is 1. The van der Waals surface area contributed by atoms with E-state index in [0.29, 0.717) is 30.2 Å². The van der Waals surface area contributed by atoms with Gasteiger partial charge in [-0.15, -0.1) is 0 Å². The average Bonchev–Trinajstić information content (AvgIpc) is 2.60. The Labute approximate surface area is 159 Å². The minimum atomic E-state index is 0.251. The van der Waals surface area contributed by atoms with E-state index in [1.807, 2.05) is 18.2 Å². The van der Waals surface area contributed by atoms with Gasteiger partial charge < -0.3 is 11.1 Å². The molecule has 0 aliphatic carbocycles. The van der Waals surface area contributed by atoms with Crippen molar-refractivity contribution >= 4 is 28.4 Å². The number of nitrogens with one attached hydrogen (secondary N) is 1. The van der Waals surface area contributed by atoms with Gasteiger partial charge >= 0.3 is 0 Å². The summed E-state index contributed by atoms with van der Waals surface area (Å²) in [4.78, 5) is 15.6. The molecule has 0 radical (unpaired) electrons. The predicted molar refractivity (Wildman–Crippen MR) is 110 cm³/mol. The first-order valence-electron chi connectivity index (χ1n) is 9.54. The highest BCUT2D eigenvalue weighted by molar-refractivity contribution is 5.86. The molecule has 4 rings (SSSR count). The molecule has 6 heteroatoms. The lowest BCUT2D eigenvalue weighted by Gasteiger charge is -2.34. The van der Waals surface area contributed by atoms with E-state index in [9.17, 15) is 0 Å². The van der Waals surface area contributed by atoms with E-state index in [2.05, 4.69) is 63.3 Å². The van der Waals surface area contributed by atoms with Crippen LogP contribution in [-0.4, -0.2) is 32.9 Å². The van der Waals surface area contributed by atoms with Crippen LogP contribution in [0.5, 0.6) is 0 Å². The van der Waals surface area contributed by atoms with Gasteiger partial charge in [0.1, 0.15) is 5.82 Å². The van der Waals surface area contributed by atoms with Gasteiger partial charge in [-0.25, -0.2) is 0 Å². The zero-order chi connectivity index (χ0) is 18.8. The number of nitrogen functional groups attached to an aromatic ring is 1. The van der Waals surface area contributed by atoms with Crippen LogP contribution in [0.2, 0.25) is 0 Å². The van der Waals surface area contributed by atoms with Gasteiger partial charge in [0.15, 0.2) is 0 Å². The number of anilines is 3. The van der Waals surface area contributed by atoms with Crippen molar-refractivity contribution in [3.05, 3.63) is 48.3 Å². The van der Waals surface area contributed by atoms with E-state index in [4.69, 9.17) is 5.73 Å². The maximum Gasteiger partial charge on any atom is 0.232 e. The van der Waals surface area contributed by atoms with Gasteiger partial charge in [0.2, 0.25) is 11.9 Å². The topological polar surface area (TPSA) is 80.0 Å². The minimum absolute atomic E-state index is 0.251. The number of rotatable bonds is 4. The summed E-state index contributed by atoms with van der Waals surface area (Å²) >= 11 is 0. The number of hydrogen-bond acceptors (Lipinski definition) is 6. The van der Waals surface area contributed by atoms with Crippen molar-refractivity contribution in [3.8, 4) is 0 Å². The van der Waals surface area contributed by atoms with E-state index in [1.165, 1.54) is 17.2 Å². The van der Waals surface area contributed by atoms with Crippen molar-refractivity contribution in [2.75, 3.05) is 24.1 Å². The Kier molecular flexibility index (Phi) is 4.90. The molecule has 0 saturated carbocycles. The van der Waals surface area contributed by atoms with Crippen molar-refractivity contribution < 1.29 is 0 Å². The number of hydrogen-bond donors (Lipinski definition) is 2. The zero-order valence-corrected chi connectivity index (χ0v) is 15.9. The third-order valence-electron chi connectivity index (χ3n) is 5.01. The molecule has 27 heavy (non-hydrogen) atoms. The molecule has 0 unspecified atom stereocenters. The van der Waals surface area contributed by atoms with Crippen LogP contribution in [0, 0.1) is 11.8 Å². The van der Waals surface area contributed by atoms with E-state index in [1.54, 1.807) is 0 Å². The fourth-order valence-corrected chi connectivity index (χ4v) is 4.08. The third-order valence-corrected chi connectivity index (χ3v) is 5.01. The molecule has 1 aliphatic heterocycles. The molecular formula is C21H26N6. The van der Waals surface area contributed by atoms with Crippen molar-refractivity contribution in [2.24, 2.45) is 11.8 Å². The molecule has 2 atom stereocenters. The van der Waals surface area contributed by atoms with Gasteiger partial charge in [-0.1, -0.05) is 44.2 Å². The predicted octanol–water partition coefficient (Wildman–Crippen LogP) is 3.83. The maximum atomic E-state index is 5.94. The van der Waals surface area contributed by atoms with Crippen LogP contribution in [0.1, 0.15) is 26.1 Å². The zero-order valence-electron chi connectivity index (χ0n) is 15.9. The fourth-order valence-electron chi connectivity index (χ4n) is 4.08. The maximum absolute atomic E-state index is 5.94. The molecule has 140 valence electrons. The second-order valence-electron chi connectivity index (χ2n) is 7.76. The van der Waals surface area contributed by atoms with Gasteiger partial charge in [0.25, 0.3) is 0 Å². The van der Waals surface area contributed by atoms with Crippen LogP contribution < -0.4 is 11.1 Å². The molecular weight excluding hydrogens is 336 g/mol. The summed E-state index contributed by atoms with van der Waals surface area (Å²) in [6.45, 7) is 7.45. The Balaban J connectivity index is 1.52. The van der Waals surface area contributed by atoms with Crippen LogP contribution in [0.3, 0.4) is 0 Å². The van der Waals surface area contributed by atoms with Crippen LogP contribution in [0.25, 0.3) is 10.8 Å². The lowest BCUT2D eigenvalue weighted by atomic mass is 9.92. The second-order valence-corrected chi connectivity index (χ2v) is 7.76. The summed E-state index contributed by atoms with van der Waals surface area (Å²) in [7, 11) is 0. The molecule has 1 aliphatic rings. The Morgan fingerprint density at radius 3 is 2.52 bits per heavy atom. The quantitative estimate of drug-likeness (QED) is 0.734. The fraction of sp³-hybridized carbons (Fsp3) is 0.381. The highest BCUT2D eigenvalue weighted by atomic mass is 15.2. The summed E-state index contributed by atoms with van der Waals surface area (Å²) in [6.07, 6.45) is 1.28. The van der Waals surface area contributed by atoms with E-state index >= 15 is 0 Å². The van der Waals surface area contributed by atoms with Crippen LogP contribution >= 0.6 is 0 Å². The average molecular weight is 362 g/mol. The van der Waals surface area contributed by atoms with Gasteiger partial charge in [-0.05, 0) is 41.2 Å². The molecule has 3 N–H and O–H groups in total. The van der Waals surface area contributed by atoms with Gasteiger partial charge in [0.05, 0.1) is 6.54 Å². The lowest BCUT2D eigenvalue weighted by Crippen LogP contribution is -2.38. The normalized spacial score (nSPS) is 20.7. The van der Waals surface area contributed by atoms with Crippen LogP contribution in [0.15, 0.2) is 42.5 Å². The summed E-state index contributed by atoms with van der Waals surface area (Å²) in [5.74, 6) is 2.85. The highest BCUT2D eigenvalue weighted by Crippen LogP contribution is 2.23. The number of piperidine rings is 1. The van der Waals surface area contributed by atoms with E-state index < -0.39 is 0 Å². The van der Waals surface area contributed by atoms with E-state index in [-0.39, 0.29) is 5.95 Å². The summed E-state index contributed by atoms with van der Waals surface area (Å²) in [5, 5.41) is 5.64. The van der Waals surface area contributed by atoms with Gasteiger partial charge in [-0.3, -0.25) is 4.90 Å². The molecule has 1 saturated heterocycles. The van der Waals surface area contributed by atoms with Gasteiger partial charge in [-0.2, -0.15) is 15.0 Å². The molecule has 0 spiro atoms. The molecule has 0 amide bonds. The van der Waals surface area contributed by atoms with Crippen molar-refractivity contribution in [1.82, 2.24) is 19.9 Å². The number of aromatic nitrogens is 3. The number of benzene rings is 2. The first-order valence-corrected chi connectivity index (χ1v) is 9.54. The lowest BCUT2D eigenvalue weighted by molar-refractivity contribution is 0.131. The summed E-state index contributed by atoms with van der Waals surface area (Å²) in [5.41, 5.74) is 6.88. The Hall–Kier alpha value is -2.73. The van der Waals surface area contributed by atoms with Crippen LogP contribution in [0.4, 0.5) is 17.6 Å². The highest BCUT2D eigenvalue weighted by Gasteiger charge is 2.22. The first-order chi connectivity index (χ1) is 13.0. The minimum Gasteiger partial charge on any atom is -0.368 e. The molecule has 2 aromatic carbocycles. The van der Waals surface area contributed by atoms with Crippen LogP contribution in [-0.2, 0) is 6.54 Å². The monoisotopic (exact) mass is 362 g/mol. The van der Waals surface area contributed by atoms with E-state index in [0.717, 1.165) is 18.8 Å². The molecule has 0 bridgehead atoms. The summed E-state index contributed by atoms with van der Waals surface area (Å²) < 4.78 is 0. The Bertz CT molecular complexity index is 931. The first kappa shape index (κ1) is 17.7. The standard InChI is InChI=1S/C21H26N6/c1-14-9-15(2)12-27(11-14)13-19-24-20(22)26-21(25-19)23-18-8-7-16-5-3-4-6-17(16)10-18/h3-8,10,14-15H,9,11-13H2,1-2H3,(H3,22,23,24,25,26)/t14-,15-/m1/s1. The smallest absolute Gasteiger partial charge is 0.232 e.